The highest BCUT2D eigenvalue weighted by Gasteiger charge is 2.05. The van der Waals surface area contributed by atoms with E-state index in [1.165, 1.54) is 0 Å². The van der Waals surface area contributed by atoms with Crippen LogP contribution in [-0.4, -0.2) is 26.3 Å². The first kappa shape index (κ1) is 11.8. The minimum atomic E-state index is 0.599. The van der Waals surface area contributed by atoms with Gasteiger partial charge in [-0.2, -0.15) is 10.1 Å². The topological polar surface area (TPSA) is 67.7 Å². The molecule has 0 saturated carbocycles. The maximum atomic E-state index is 4.35. The van der Waals surface area contributed by atoms with Gasteiger partial charge in [-0.1, -0.05) is 0 Å². The summed E-state index contributed by atoms with van der Waals surface area (Å²) >= 11 is 3.40. The van der Waals surface area contributed by atoms with Crippen molar-refractivity contribution in [1.82, 2.24) is 19.7 Å². The van der Waals surface area contributed by atoms with Crippen LogP contribution in [0.1, 0.15) is 6.92 Å². The summed E-state index contributed by atoms with van der Waals surface area (Å²) in [6.07, 6.45) is 5.33. The number of aryl methyl sites for hydroxylation is 1. The van der Waals surface area contributed by atoms with Crippen LogP contribution in [0.25, 0.3) is 0 Å². The Bertz CT molecular complexity index is 509. The van der Waals surface area contributed by atoms with Crippen LogP contribution in [0.15, 0.2) is 23.1 Å². The number of halogens is 1. The second-order valence-corrected chi connectivity index (χ2v) is 4.30. The van der Waals surface area contributed by atoms with Gasteiger partial charge in [0.05, 0.1) is 16.4 Å². The van der Waals surface area contributed by atoms with Gasteiger partial charge < -0.3 is 10.6 Å². The van der Waals surface area contributed by atoms with Crippen LogP contribution >= 0.6 is 15.9 Å². The molecule has 2 aromatic heterocycles. The fraction of sp³-hybridized carbons (Fsp3) is 0.300. The molecule has 0 radical (unpaired) electrons. The maximum Gasteiger partial charge on any atom is 0.224 e. The second kappa shape index (κ2) is 5.13. The molecule has 7 heteroatoms. The molecule has 2 aromatic rings. The molecule has 17 heavy (non-hydrogen) atoms. The van der Waals surface area contributed by atoms with Gasteiger partial charge in [0.25, 0.3) is 0 Å². The lowest BCUT2D eigenvalue weighted by Crippen LogP contribution is -2.04. The van der Waals surface area contributed by atoms with E-state index in [4.69, 9.17) is 0 Å². The van der Waals surface area contributed by atoms with Crippen molar-refractivity contribution >= 4 is 33.4 Å². The van der Waals surface area contributed by atoms with Crippen molar-refractivity contribution in [2.45, 2.75) is 6.92 Å². The summed E-state index contributed by atoms with van der Waals surface area (Å²) in [5, 5.41) is 10.3. The molecule has 0 aliphatic heterocycles. The molecule has 0 amide bonds. The summed E-state index contributed by atoms with van der Waals surface area (Å²) in [6, 6.07) is 0. The van der Waals surface area contributed by atoms with E-state index in [9.17, 15) is 0 Å². The molecule has 2 rings (SSSR count). The zero-order valence-corrected chi connectivity index (χ0v) is 11.2. The number of aromatic nitrogens is 4. The smallest absolute Gasteiger partial charge is 0.224 e. The highest BCUT2D eigenvalue weighted by Crippen LogP contribution is 2.23. The van der Waals surface area contributed by atoms with Gasteiger partial charge in [0.15, 0.2) is 0 Å². The van der Waals surface area contributed by atoms with Gasteiger partial charge in [0.2, 0.25) is 5.95 Å². The van der Waals surface area contributed by atoms with Crippen LogP contribution < -0.4 is 10.6 Å². The van der Waals surface area contributed by atoms with Crippen molar-refractivity contribution in [3.63, 3.8) is 0 Å². The average molecular weight is 297 g/mol. The van der Waals surface area contributed by atoms with E-state index in [0.29, 0.717) is 11.8 Å². The number of hydrogen-bond donors (Lipinski definition) is 2. The lowest BCUT2D eigenvalue weighted by Gasteiger charge is -2.07. The molecule has 0 unspecified atom stereocenters. The third-order valence-electron chi connectivity index (χ3n) is 2.05. The van der Waals surface area contributed by atoms with E-state index in [2.05, 4.69) is 41.6 Å². The lowest BCUT2D eigenvalue weighted by molar-refractivity contribution is 0.768. The van der Waals surface area contributed by atoms with Crippen LogP contribution in [-0.2, 0) is 7.05 Å². The van der Waals surface area contributed by atoms with E-state index in [1.54, 1.807) is 17.1 Å². The average Bonchev–Trinajstić information content (AvgIpc) is 2.69. The quantitative estimate of drug-likeness (QED) is 0.905. The van der Waals surface area contributed by atoms with Gasteiger partial charge in [-0.3, -0.25) is 4.68 Å². The zero-order chi connectivity index (χ0) is 12.3. The largest absolute Gasteiger partial charge is 0.354 e. The molecule has 2 N–H and O–H groups in total. The van der Waals surface area contributed by atoms with Crippen molar-refractivity contribution in [2.75, 3.05) is 17.2 Å². The Morgan fingerprint density at radius 2 is 2.24 bits per heavy atom. The molecular formula is C10H13BrN6. The Labute approximate surface area is 108 Å². The van der Waals surface area contributed by atoms with E-state index >= 15 is 0 Å². The molecule has 0 spiro atoms. The van der Waals surface area contributed by atoms with Crippen LogP contribution in [0, 0.1) is 0 Å². The summed E-state index contributed by atoms with van der Waals surface area (Å²) in [5.74, 6) is 1.31. The van der Waals surface area contributed by atoms with Crippen LogP contribution in [0.4, 0.5) is 17.5 Å². The van der Waals surface area contributed by atoms with Crippen molar-refractivity contribution in [3.05, 3.63) is 23.1 Å². The summed E-state index contributed by atoms with van der Waals surface area (Å²) < 4.78 is 2.53. The first-order valence-corrected chi connectivity index (χ1v) is 6.00. The summed E-state index contributed by atoms with van der Waals surface area (Å²) in [6.45, 7) is 2.79. The van der Waals surface area contributed by atoms with Gasteiger partial charge in [-0.15, -0.1) is 0 Å². The summed E-state index contributed by atoms with van der Waals surface area (Å²) in [4.78, 5) is 8.49. The minimum Gasteiger partial charge on any atom is -0.354 e. The van der Waals surface area contributed by atoms with Crippen molar-refractivity contribution in [3.8, 4) is 0 Å². The number of rotatable bonds is 4. The SMILES string of the molecule is CCNc1ncc(Br)c(Nc2cnn(C)c2)n1. The van der Waals surface area contributed by atoms with Crippen molar-refractivity contribution < 1.29 is 0 Å². The summed E-state index contributed by atoms with van der Waals surface area (Å²) in [7, 11) is 1.87. The van der Waals surface area contributed by atoms with E-state index in [0.717, 1.165) is 16.7 Å². The number of anilines is 3. The lowest BCUT2D eigenvalue weighted by atomic mass is 10.5. The highest BCUT2D eigenvalue weighted by atomic mass is 79.9. The van der Waals surface area contributed by atoms with E-state index in [1.807, 2.05) is 20.2 Å². The second-order valence-electron chi connectivity index (χ2n) is 3.45. The molecule has 0 atom stereocenters. The molecule has 0 aromatic carbocycles. The molecule has 0 saturated heterocycles. The van der Waals surface area contributed by atoms with Crippen molar-refractivity contribution in [1.29, 1.82) is 0 Å². The summed E-state index contributed by atoms with van der Waals surface area (Å²) in [5.41, 5.74) is 0.884. The number of hydrogen-bond acceptors (Lipinski definition) is 5. The Morgan fingerprint density at radius 3 is 2.88 bits per heavy atom. The van der Waals surface area contributed by atoms with Gasteiger partial charge in [-0.05, 0) is 22.9 Å². The van der Waals surface area contributed by atoms with Gasteiger partial charge in [-0.25, -0.2) is 4.98 Å². The Balaban J connectivity index is 2.22. The first-order valence-electron chi connectivity index (χ1n) is 5.21. The molecule has 0 aliphatic rings. The number of nitrogens with zero attached hydrogens (tertiary/aromatic N) is 4. The first-order chi connectivity index (χ1) is 8.19. The maximum absolute atomic E-state index is 4.35. The predicted molar refractivity (Wildman–Crippen MR) is 70.4 cm³/mol. The molecule has 0 aliphatic carbocycles. The van der Waals surface area contributed by atoms with E-state index < -0.39 is 0 Å². The molecule has 0 bridgehead atoms. The Hall–Kier alpha value is -1.63. The fourth-order valence-electron chi connectivity index (χ4n) is 1.32. The van der Waals surface area contributed by atoms with E-state index in [-0.39, 0.29) is 0 Å². The van der Waals surface area contributed by atoms with Gasteiger partial charge in [0.1, 0.15) is 5.82 Å². The normalized spacial score (nSPS) is 10.3. The van der Waals surface area contributed by atoms with Crippen LogP contribution in [0.3, 0.4) is 0 Å². The highest BCUT2D eigenvalue weighted by molar-refractivity contribution is 9.10. The standard InChI is InChI=1S/C10H13BrN6/c1-3-12-10-13-5-8(11)9(16-10)15-7-4-14-17(2)6-7/h4-6H,3H2,1-2H3,(H2,12,13,15,16). The minimum absolute atomic E-state index is 0.599. The predicted octanol–water partition coefficient (Wildman–Crippen LogP) is 2.15. The molecule has 90 valence electrons. The van der Waals surface area contributed by atoms with Crippen LogP contribution in [0.2, 0.25) is 0 Å². The van der Waals surface area contributed by atoms with Crippen molar-refractivity contribution in [2.24, 2.45) is 7.05 Å². The molecule has 6 nitrogen and oxygen atoms in total. The molecular weight excluding hydrogens is 284 g/mol. The number of nitrogens with one attached hydrogen (secondary N) is 2. The Morgan fingerprint density at radius 1 is 1.41 bits per heavy atom. The van der Waals surface area contributed by atoms with Gasteiger partial charge >= 0.3 is 0 Å². The third-order valence-corrected chi connectivity index (χ3v) is 2.63. The third kappa shape index (κ3) is 2.94. The Kier molecular flexibility index (Phi) is 3.58. The fourth-order valence-corrected chi connectivity index (χ4v) is 1.61. The molecule has 0 fully saturated rings. The zero-order valence-electron chi connectivity index (χ0n) is 9.61. The molecule has 2 heterocycles. The monoisotopic (exact) mass is 296 g/mol. The van der Waals surface area contributed by atoms with Gasteiger partial charge in [0, 0.05) is 26.0 Å². The van der Waals surface area contributed by atoms with Crippen LogP contribution in [0.5, 0.6) is 0 Å².